The second-order valence-corrected chi connectivity index (χ2v) is 7.40. The van der Waals surface area contributed by atoms with Crippen molar-refractivity contribution in [2.24, 2.45) is 0 Å². The number of alkyl halides is 1. The van der Waals surface area contributed by atoms with Gasteiger partial charge < -0.3 is 5.32 Å². The molecule has 2 unspecified atom stereocenters. The highest BCUT2D eigenvalue weighted by Gasteiger charge is 2.32. The molecule has 1 aromatic rings. The first-order valence-electron chi connectivity index (χ1n) is 7.52. The smallest absolute Gasteiger partial charge is 0.230 e. The molecule has 1 N–H and O–H groups in total. The van der Waals surface area contributed by atoms with E-state index < -0.39 is 5.41 Å². The Bertz CT molecular complexity index is 444. The van der Waals surface area contributed by atoms with Crippen molar-refractivity contribution in [2.75, 3.05) is 0 Å². The number of carbonyl (C=O) groups excluding carboxylic acids is 1. The maximum absolute atomic E-state index is 12.7. The zero-order chi connectivity index (χ0) is 14.6. The molecule has 0 saturated heterocycles. The van der Waals surface area contributed by atoms with Crippen LogP contribution < -0.4 is 5.32 Å². The maximum Gasteiger partial charge on any atom is 0.230 e. The highest BCUT2D eigenvalue weighted by molar-refractivity contribution is 9.09. The Labute approximate surface area is 130 Å². The van der Waals surface area contributed by atoms with Gasteiger partial charge in [-0.25, -0.2) is 0 Å². The Morgan fingerprint density at radius 1 is 1.15 bits per heavy atom. The lowest BCUT2D eigenvalue weighted by Gasteiger charge is -2.29. The molecule has 1 saturated carbocycles. The Kier molecular flexibility index (Phi) is 5.25. The topological polar surface area (TPSA) is 29.1 Å². The number of rotatable bonds is 3. The van der Waals surface area contributed by atoms with E-state index in [2.05, 4.69) is 21.2 Å². The number of benzene rings is 1. The number of carbonyl (C=O) groups is 1. The third kappa shape index (κ3) is 3.63. The first-order valence-corrected chi connectivity index (χ1v) is 8.44. The van der Waals surface area contributed by atoms with Crippen molar-refractivity contribution in [1.29, 1.82) is 0 Å². The summed E-state index contributed by atoms with van der Waals surface area (Å²) in [6.45, 7) is 4.00. The van der Waals surface area contributed by atoms with Crippen LogP contribution in [0.3, 0.4) is 0 Å². The summed E-state index contributed by atoms with van der Waals surface area (Å²) in [6.07, 6.45) is 5.96. The molecule has 0 bridgehead atoms. The summed E-state index contributed by atoms with van der Waals surface area (Å²) in [5.41, 5.74) is 0.581. The normalized spacial score (nSPS) is 23.9. The van der Waals surface area contributed by atoms with Gasteiger partial charge >= 0.3 is 0 Å². The van der Waals surface area contributed by atoms with Crippen LogP contribution in [0.25, 0.3) is 0 Å². The second-order valence-electron chi connectivity index (χ2n) is 6.22. The fourth-order valence-corrected chi connectivity index (χ4v) is 3.48. The van der Waals surface area contributed by atoms with Crippen molar-refractivity contribution < 1.29 is 4.79 Å². The molecule has 0 aromatic heterocycles. The highest BCUT2D eigenvalue weighted by atomic mass is 79.9. The molecule has 2 atom stereocenters. The Morgan fingerprint density at radius 2 is 1.80 bits per heavy atom. The molecule has 1 aliphatic rings. The van der Waals surface area contributed by atoms with Gasteiger partial charge in [0.15, 0.2) is 0 Å². The molecule has 0 aliphatic heterocycles. The first-order chi connectivity index (χ1) is 9.51. The van der Waals surface area contributed by atoms with E-state index >= 15 is 0 Å². The summed E-state index contributed by atoms with van der Waals surface area (Å²) >= 11 is 3.74. The molecule has 3 heteroatoms. The fourth-order valence-electron chi connectivity index (χ4n) is 2.76. The zero-order valence-electron chi connectivity index (χ0n) is 12.4. The Hall–Kier alpha value is -0.830. The van der Waals surface area contributed by atoms with E-state index in [0.29, 0.717) is 4.83 Å². The average molecular weight is 338 g/mol. The molecule has 0 radical (unpaired) electrons. The van der Waals surface area contributed by atoms with Crippen molar-refractivity contribution in [3.63, 3.8) is 0 Å². The number of nitrogens with one attached hydrogen (secondary N) is 1. The summed E-state index contributed by atoms with van der Waals surface area (Å²) in [4.78, 5) is 13.1. The monoisotopic (exact) mass is 337 g/mol. The van der Waals surface area contributed by atoms with Crippen molar-refractivity contribution in [3.05, 3.63) is 35.9 Å². The lowest BCUT2D eigenvalue weighted by atomic mass is 9.83. The van der Waals surface area contributed by atoms with Crippen molar-refractivity contribution >= 4 is 21.8 Å². The fraction of sp³-hybridized carbons (Fsp3) is 0.588. The van der Waals surface area contributed by atoms with E-state index in [0.717, 1.165) is 18.4 Å². The van der Waals surface area contributed by atoms with Crippen molar-refractivity contribution in [3.8, 4) is 0 Å². The van der Waals surface area contributed by atoms with Gasteiger partial charge in [-0.05, 0) is 32.3 Å². The van der Waals surface area contributed by atoms with E-state index in [1.54, 1.807) is 0 Å². The molecule has 0 heterocycles. The largest absolute Gasteiger partial charge is 0.351 e. The minimum atomic E-state index is -0.486. The van der Waals surface area contributed by atoms with Crippen LogP contribution in [0.5, 0.6) is 0 Å². The van der Waals surface area contributed by atoms with Gasteiger partial charge in [0.1, 0.15) is 0 Å². The highest BCUT2D eigenvalue weighted by Crippen LogP contribution is 2.27. The first kappa shape index (κ1) is 15.6. The quantitative estimate of drug-likeness (QED) is 0.650. The van der Waals surface area contributed by atoms with Gasteiger partial charge in [-0.15, -0.1) is 0 Å². The van der Waals surface area contributed by atoms with E-state index in [-0.39, 0.29) is 11.9 Å². The summed E-state index contributed by atoms with van der Waals surface area (Å²) < 4.78 is 0. The molecule has 2 nitrogen and oxygen atoms in total. The number of hydrogen-bond donors (Lipinski definition) is 1. The van der Waals surface area contributed by atoms with Crippen LogP contribution >= 0.6 is 15.9 Å². The lowest BCUT2D eigenvalue weighted by Crippen LogP contribution is -2.48. The molecule has 0 spiro atoms. The van der Waals surface area contributed by atoms with Crippen LogP contribution in [0.2, 0.25) is 0 Å². The predicted octanol–water partition coefficient (Wildman–Crippen LogP) is 4.18. The van der Waals surface area contributed by atoms with E-state index in [1.165, 1.54) is 19.3 Å². The number of hydrogen-bond acceptors (Lipinski definition) is 1. The molecule has 2 rings (SSSR count). The van der Waals surface area contributed by atoms with Gasteiger partial charge in [0.2, 0.25) is 5.91 Å². The molecule has 1 amide bonds. The molecule has 1 fully saturated rings. The zero-order valence-corrected chi connectivity index (χ0v) is 13.9. The minimum Gasteiger partial charge on any atom is -0.351 e. The third-order valence-electron chi connectivity index (χ3n) is 4.31. The van der Waals surface area contributed by atoms with Crippen LogP contribution in [0.1, 0.15) is 51.5 Å². The molecule has 1 aliphatic carbocycles. The Morgan fingerprint density at radius 3 is 2.50 bits per heavy atom. The molecule has 1 aromatic carbocycles. The average Bonchev–Trinajstić information content (AvgIpc) is 2.65. The van der Waals surface area contributed by atoms with Crippen LogP contribution in [0.4, 0.5) is 0 Å². The summed E-state index contributed by atoms with van der Waals surface area (Å²) in [7, 11) is 0. The number of halogens is 1. The Balaban J connectivity index is 2.07. The number of amides is 1. The van der Waals surface area contributed by atoms with E-state index in [1.807, 2.05) is 44.2 Å². The summed E-state index contributed by atoms with van der Waals surface area (Å²) in [6, 6.07) is 10.3. The standard InChI is InChI=1S/C17H24BrNO/c1-17(2,13-9-5-3-6-10-13)16(20)19-15-12-8-4-7-11-14(15)18/h3,5-6,9-10,14-15H,4,7-8,11-12H2,1-2H3,(H,19,20). The van der Waals surface area contributed by atoms with Crippen LogP contribution in [0.15, 0.2) is 30.3 Å². The van der Waals surface area contributed by atoms with Gasteiger partial charge in [-0.2, -0.15) is 0 Å². The van der Waals surface area contributed by atoms with Crippen LogP contribution in [0, 0.1) is 0 Å². The van der Waals surface area contributed by atoms with Crippen molar-refractivity contribution in [1.82, 2.24) is 5.32 Å². The lowest BCUT2D eigenvalue weighted by molar-refractivity contribution is -0.126. The van der Waals surface area contributed by atoms with Crippen LogP contribution in [-0.4, -0.2) is 16.8 Å². The third-order valence-corrected chi connectivity index (χ3v) is 5.41. The van der Waals surface area contributed by atoms with Gasteiger partial charge in [0, 0.05) is 10.9 Å². The van der Waals surface area contributed by atoms with Crippen molar-refractivity contribution in [2.45, 2.75) is 62.2 Å². The van der Waals surface area contributed by atoms with Crippen LogP contribution in [-0.2, 0) is 10.2 Å². The predicted molar refractivity (Wildman–Crippen MR) is 87.2 cm³/mol. The van der Waals surface area contributed by atoms with E-state index in [9.17, 15) is 4.79 Å². The molecular formula is C17H24BrNO. The van der Waals surface area contributed by atoms with Gasteiger partial charge in [0.25, 0.3) is 0 Å². The van der Waals surface area contributed by atoms with Gasteiger partial charge in [-0.3, -0.25) is 4.79 Å². The van der Waals surface area contributed by atoms with Gasteiger partial charge in [-0.1, -0.05) is 65.5 Å². The minimum absolute atomic E-state index is 0.125. The second kappa shape index (κ2) is 6.75. The van der Waals surface area contributed by atoms with Gasteiger partial charge in [0.05, 0.1) is 5.41 Å². The molecule has 20 heavy (non-hydrogen) atoms. The summed E-state index contributed by atoms with van der Waals surface area (Å²) in [5, 5.41) is 3.26. The van der Waals surface area contributed by atoms with E-state index in [4.69, 9.17) is 0 Å². The molecular weight excluding hydrogens is 314 g/mol. The SMILES string of the molecule is CC(C)(C(=O)NC1CCCCCC1Br)c1ccccc1. The maximum atomic E-state index is 12.7. The summed E-state index contributed by atoms with van der Waals surface area (Å²) in [5.74, 6) is 0.125. The molecule has 110 valence electrons.